The molecule has 0 spiro atoms. The predicted octanol–water partition coefficient (Wildman–Crippen LogP) is 4.27. The summed E-state index contributed by atoms with van der Waals surface area (Å²) in [4.78, 5) is 36.7. The van der Waals surface area contributed by atoms with Crippen molar-refractivity contribution in [2.75, 3.05) is 33.8 Å². The SMILES string of the molecule is CCCc1cc(OC(=O)CCCC(=O)NCC(C)(C)SN=O)c(C)cc1OCCN(C)C. The van der Waals surface area contributed by atoms with Crippen LogP contribution in [0, 0.1) is 11.8 Å². The molecule has 0 radical (unpaired) electrons. The van der Waals surface area contributed by atoms with Gasteiger partial charge >= 0.3 is 5.97 Å². The summed E-state index contributed by atoms with van der Waals surface area (Å²) >= 11 is 0.887. The van der Waals surface area contributed by atoms with Crippen LogP contribution in [0.1, 0.15) is 57.6 Å². The molecule has 1 aromatic rings. The van der Waals surface area contributed by atoms with Gasteiger partial charge in [-0.2, -0.15) is 0 Å². The van der Waals surface area contributed by atoms with Crippen LogP contribution in [-0.4, -0.2) is 55.3 Å². The Hall–Kier alpha value is -2.13. The molecule has 8 nitrogen and oxygen atoms in total. The van der Waals surface area contributed by atoms with Crippen LogP contribution in [0.15, 0.2) is 16.7 Å². The molecule has 1 rings (SSSR count). The van der Waals surface area contributed by atoms with E-state index in [9.17, 15) is 14.5 Å². The van der Waals surface area contributed by atoms with Crippen molar-refractivity contribution < 1.29 is 19.1 Å². The monoisotopic (exact) mass is 467 g/mol. The lowest BCUT2D eigenvalue weighted by Gasteiger charge is -2.19. The minimum atomic E-state index is -0.466. The Morgan fingerprint density at radius 1 is 1.19 bits per heavy atom. The van der Waals surface area contributed by atoms with Gasteiger partial charge in [-0.25, -0.2) is 0 Å². The van der Waals surface area contributed by atoms with Crippen LogP contribution < -0.4 is 14.8 Å². The third-order valence-electron chi connectivity index (χ3n) is 4.68. The highest BCUT2D eigenvalue weighted by atomic mass is 32.2. The highest BCUT2D eigenvalue weighted by Gasteiger charge is 2.20. The zero-order valence-electron chi connectivity index (χ0n) is 20.2. The van der Waals surface area contributed by atoms with Gasteiger partial charge in [0.05, 0.1) is 4.75 Å². The molecule has 0 atom stereocenters. The zero-order valence-corrected chi connectivity index (χ0v) is 21.0. The largest absolute Gasteiger partial charge is 0.492 e. The number of nitrogens with one attached hydrogen (secondary N) is 1. The summed E-state index contributed by atoms with van der Waals surface area (Å²) in [5, 5.41) is 2.76. The second kappa shape index (κ2) is 14.1. The van der Waals surface area contributed by atoms with Gasteiger partial charge in [0.2, 0.25) is 5.91 Å². The third kappa shape index (κ3) is 10.9. The minimum Gasteiger partial charge on any atom is -0.492 e. The first-order valence-electron chi connectivity index (χ1n) is 11.0. The molecule has 180 valence electrons. The van der Waals surface area contributed by atoms with Crippen molar-refractivity contribution in [2.24, 2.45) is 4.58 Å². The minimum absolute atomic E-state index is 0.144. The van der Waals surface area contributed by atoms with Gasteiger partial charge in [-0.05, 0) is 71.0 Å². The lowest BCUT2D eigenvalue weighted by Crippen LogP contribution is -2.35. The number of amides is 1. The Bertz CT molecular complexity index is 768. The van der Waals surface area contributed by atoms with Crippen molar-refractivity contribution in [1.29, 1.82) is 0 Å². The van der Waals surface area contributed by atoms with E-state index in [0.717, 1.165) is 48.2 Å². The first-order valence-corrected chi connectivity index (χ1v) is 11.7. The number of ether oxygens (including phenoxy) is 2. The van der Waals surface area contributed by atoms with Gasteiger partial charge in [0.25, 0.3) is 0 Å². The van der Waals surface area contributed by atoms with Gasteiger partial charge in [0.15, 0.2) is 0 Å². The van der Waals surface area contributed by atoms with Crippen LogP contribution in [0.2, 0.25) is 0 Å². The predicted molar refractivity (Wildman–Crippen MR) is 129 cm³/mol. The van der Waals surface area contributed by atoms with E-state index in [1.165, 1.54) is 0 Å². The first kappa shape index (κ1) is 27.9. The van der Waals surface area contributed by atoms with E-state index in [1.54, 1.807) is 0 Å². The fourth-order valence-electron chi connectivity index (χ4n) is 2.85. The zero-order chi connectivity index (χ0) is 24.1. The van der Waals surface area contributed by atoms with Crippen molar-refractivity contribution in [3.63, 3.8) is 0 Å². The maximum absolute atomic E-state index is 12.3. The van der Waals surface area contributed by atoms with E-state index in [4.69, 9.17) is 9.47 Å². The number of likely N-dealkylation sites (N-methyl/N-ethyl adjacent to an activating group) is 1. The number of benzene rings is 1. The van der Waals surface area contributed by atoms with Crippen LogP contribution in [0.5, 0.6) is 11.5 Å². The standard InChI is InChI=1S/C23H37N3O5S/c1-7-9-18-15-19(17(2)14-20(18)30-13-12-26(5)6)31-22(28)11-8-10-21(27)24-16-23(3,4)32-25-29/h14-15H,7-13,16H2,1-6H3,(H,24,27). The van der Waals surface area contributed by atoms with Gasteiger partial charge in [0, 0.05) is 42.5 Å². The Balaban J connectivity index is 2.58. The molecule has 0 fully saturated rings. The lowest BCUT2D eigenvalue weighted by atomic mass is 10.1. The van der Waals surface area contributed by atoms with Crippen molar-refractivity contribution in [2.45, 2.75) is 64.5 Å². The summed E-state index contributed by atoms with van der Waals surface area (Å²) in [5.74, 6) is 0.820. The van der Waals surface area contributed by atoms with Crippen molar-refractivity contribution >= 4 is 23.8 Å². The van der Waals surface area contributed by atoms with Gasteiger partial charge in [-0.15, -0.1) is 4.91 Å². The normalized spacial score (nSPS) is 11.3. The lowest BCUT2D eigenvalue weighted by molar-refractivity contribution is -0.134. The molecule has 0 unspecified atom stereocenters. The summed E-state index contributed by atoms with van der Waals surface area (Å²) in [6.07, 6.45) is 2.52. The first-order chi connectivity index (χ1) is 15.1. The Morgan fingerprint density at radius 3 is 2.53 bits per heavy atom. The Labute approximate surface area is 195 Å². The number of carbonyl (C=O) groups is 2. The smallest absolute Gasteiger partial charge is 0.311 e. The van der Waals surface area contributed by atoms with E-state index < -0.39 is 4.75 Å². The number of nitroso groups, excluding NO2 is 1. The fraction of sp³-hybridized carbons (Fsp3) is 0.652. The molecule has 1 aromatic carbocycles. The van der Waals surface area contributed by atoms with Crippen LogP contribution in [0.4, 0.5) is 0 Å². The van der Waals surface area contributed by atoms with E-state index in [-0.39, 0.29) is 24.7 Å². The molecule has 0 saturated carbocycles. The molecule has 0 aliphatic rings. The van der Waals surface area contributed by atoms with Crippen LogP contribution in [0.3, 0.4) is 0 Å². The van der Waals surface area contributed by atoms with Gasteiger partial charge < -0.3 is 19.7 Å². The van der Waals surface area contributed by atoms with Crippen molar-refractivity contribution in [3.8, 4) is 11.5 Å². The molecule has 0 aliphatic heterocycles. The van der Waals surface area contributed by atoms with Gasteiger partial charge in [-0.1, -0.05) is 13.3 Å². The van der Waals surface area contributed by atoms with Crippen LogP contribution >= 0.6 is 11.9 Å². The second-order valence-electron chi connectivity index (χ2n) is 8.66. The number of rotatable bonds is 15. The van der Waals surface area contributed by atoms with Crippen molar-refractivity contribution in [3.05, 3.63) is 28.2 Å². The molecule has 0 bridgehead atoms. The molecule has 0 saturated heterocycles. The number of esters is 1. The van der Waals surface area contributed by atoms with E-state index in [1.807, 2.05) is 47.0 Å². The maximum atomic E-state index is 12.3. The van der Waals surface area contributed by atoms with Crippen molar-refractivity contribution in [1.82, 2.24) is 10.2 Å². The molecule has 1 amide bonds. The number of aryl methyl sites for hydroxylation is 2. The highest BCUT2D eigenvalue weighted by molar-refractivity contribution is 7.99. The molecular weight excluding hydrogens is 430 g/mol. The maximum Gasteiger partial charge on any atom is 0.311 e. The van der Waals surface area contributed by atoms with Crippen LogP contribution in [-0.2, 0) is 16.0 Å². The number of hydrogen-bond donors (Lipinski definition) is 1. The molecule has 9 heteroatoms. The van der Waals surface area contributed by atoms with Crippen LogP contribution in [0.25, 0.3) is 0 Å². The van der Waals surface area contributed by atoms with E-state index in [2.05, 4.69) is 21.7 Å². The molecule has 0 aliphatic carbocycles. The van der Waals surface area contributed by atoms with Gasteiger partial charge in [-0.3, -0.25) is 9.59 Å². The Kier molecular flexibility index (Phi) is 12.3. The topological polar surface area (TPSA) is 97.3 Å². The summed E-state index contributed by atoms with van der Waals surface area (Å²) < 4.78 is 13.9. The number of hydrogen-bond acceptors (Lipinski definition) is 8. The quantitative estimate of drug-likeness (QED) is 0.178. The summed E-state index contributed by atoms with van der Waals surface area (Å²) in [5.41, 5.74) is 1.85. The molecular formula is C23H37N3O5S. The summed E-state index contributed by atoms with van der Waals surface area (Å²) in [6, 6.07) is 3.81. The third-order valence-corrected chi connectivity index (χ3v) is 5.39. The number of nitrogens with zero attached hydrogens (tertiary/aromatic N) is 2. The summed E-state index contributed by atoms with van der Waals surface area (Å²) in [6.45, 7) is 9.36. The number of carbonyl (C=O) groups excluding carboxylic acids is 2. The highest BCUT2D eigenvalue weighted by Crippen LogP contribution is 2.30. The second-order valence-corrected chi connectivity index (χ2v) is 10.1. The summed E-state index contributed by atoms with van der Waals surface area (Å²) in [7, 11) is 4.00. The van der Waals surface area contributed by atoms with Gasteiger partial charge in [0.1, 0.15) is 18.1 Å². The fourth-order valence-corrected chi connectivity index (χ4v) is 3.19. The molecule has 0 aromatic heterocycles. The average Bonchev–Trinajstić information content (AvgIpc) is 2.69. The Morgan fingerprint density at radius 2 is 1.91 bits per heavy atom. The molecule has 1 N–H and O–H groups in total. The van der Waals surface area contributed by atoms with E-state index in [0.29, 0.717) is 25.3 Å². The molecule has 0 heterocycles. The molecule has 32 heavy (non-hydrogen) atoms. The van der Waals surface area contributed by atoms with E-state index >= 15 is 0 Å². The average molecular weight is 468 g/mol.